The maximum atomic E-state index is 12.4. The second-order valence-corrected chi connectivity index (χ2v) is 6.51. The number of urea groups is 1. The largest absolute Gasteiger partial charge is 0.383 e. The molecule has 2 unspecified atom stereocenters. The lowest BCUT2D eigenvalue weighted by molar-refractivity contribution is 0.180. The van der Waals surface area contributed by atoms with E-state index in [0.29, 0.717) is 19.2 Å². The van der Waals surface area contributed by atoms with Gasteiger partial charge in [-0.15, -0.1) is 0 Å². The van der Waals surface area contributed by atoms with Gasteiger partial charge in [0.25, 0.3) is 0 Å². The maximum absolute atomic E-state index is 12.4. The van der Waals surface area contributed by atoms with Crippen molar-refractivity contribution in [2.24, 2.45) is 5.92 Å². The maximum Gasteiger partial charge on any atom is 0.317 e. The van der Waals surface area contributed by atoms with Crippen molar-refractivity contribution < 1.29 is 9.53 Å². The summed E-state index contributed by atoms with van der Waals surface area (Å²) < 4.78 is 7.06. The van der Waals surface area contributed by atoms with Crippen LogP contribution in [-0.2, 0) is 17.8 Å². The highest BCUT2D eigenvalue weighted by Gasteiger charge is 2.40. The Morgan fingerprint density at radius 1 is 1.41 bits per heavy atom. The van der Waals surface area contributed by atoms with Gasteiger partial charge >= 0.3 is 6.03 Å². The molecule has 122 valence electrons. The molecule has 1 saturated heterocycles. The average molecular weight is 306 g/mol. The summed E-state index contributed by atoms with van der Waals surface area (Å²) in [5, 5.41) is 7.61. The summed E-state index contributed by atoms with van der Waals surface area (Å²) in [5.41, 5.74) is 3.21. The number of hydrogen-bond donors (Lipinski definition) is 1. The predicted octanol–water partition coefficient (Wildman–Crippen LogP) is 1.84. The molecule has 22 heavy (non-hydrogen) atoms. The zero-order valence-corrected chi connectivity index (χ0v) is 13.8. The Hall–Kier alpha value is -1.56. The quantitative estimate of drug-likeness (QED) is 0.903. The Morgan fingerprint density at radius 2 is 2.23 bits per heavy atom. The lowest BCUT2D eigenvalue weighted by Gasteiger charge is -2.27. The Morgan fingerprint density at radius 3 is 2.86 bits per heavy atom. The van der Waals surface area contributed by atoms with E-state index < -0.39 is 0 Å². The van der Waals surface area contributed by atoms with E-state index in [1.807, 2.05) is 16.5 Å². The summed E-state index contributed by atoms with van der Waals surface area (Å²) in [7, 11) is 1.69. The first-order valence-electron chi connectivity index (χ1n) is 8.16. The van der Waals surface area contributed by atoms with Gasteiger partial charge in [-0.2, -0.15) is 5.10 Å². The molecule has 3 rings (SSSR count). The monoisotopic (exact) mass is 306 g/mol. The van der Waals surface area contributed by atoms with Gasteiger partial charge in [0.05, 0.1) is 18.8 Å². The summed E-state index contributed by atoms with van der Waals surface area (Å²) in [5.74, 6) is 0.732. The number of nitrogens with zero attached hydrogens (tertiary/aromatic N) is 3. The Kier molecular flexibility index (Phi) is 4.38. The van der Waals surface area contributed by atoms with Crippen LogP contribution in [0.3, 0.4) is 0 Å². The third-order valence-corrected chi connectivity index (χ3v) is 5.13. The molecule has 0 radical (unpaired) electrons. The number of amides is 2. The fourth-order valence-electron chi connectivity index (χ4n) is 3.82. The highest BCUT2D eigenvalue weighted by Crippen LogP contribution is 2.37. The van der Waals surface area contributed by atoms with Crippen molar-refractivity contribution in [1.82, 2.24) is 20.0 Å². The van der Waals surface area contributed by atoms with Gasteiger partial charge in [0, 0.05) is 37.5 Å². The van der Waals surface area contributed by atoms with Crippen LogP contribution in [-0.4, -0.2) is 47.0 Å². The third-order valence-electron chi connectivity index (χ3n) is 5.13. The van der Waals surface area contributed by atoms with Gasteiger partial charge in [0.2, 0.25) is 0 Å². The van der Waals surface area contributed by atoms with Gasteiger partial charge < -0.3 is 15.0 Å². The minimum Gasteiger partial charge on any atom is -0.383 e. The Labute approximate surface area is 131 Å². The number of likely N-dealkylation sites (tertiary alicyclic amines) is 1. The number of methoxy groups -OCH3 is 1. The van der Waals surface area contributed by atoms with Crippen molar-refractivity contribution in [1.29, 1.82) is 0 Å². The lowest BCUT2D eigenvalue weighted by atomic mass is 10.1. The van der Waals surface area contributed by atoms with Gasteiger partial charge in [-0.3, -0.25) is 4.68 Å². The number of carbonyl (C=O) groups excluding carboxylic acids is 1. The SMILES string of the molecule is COCCn1nc(C)c(CNC(=O)N2CC3CCC2C3)c1C. The molecule has 2 amide bonds. The van der Waals surface area contributed by atoms with Crippen molar-refractivity contribution in [3.05, 3.63) is 17.0 Å². The lowest BCUT2D eigenvalue weighted by Crippen LogP contribution is -2.44. The molecule has 2 atom stereocenters. The number of nitrogens with one attached hydrogen (secondary N) is 1. The first-order chi connectivity index (χ1) is 10.6. The van der Waals surface area contributed by atoms with Crippen LogP contribution in [0, 0.1) is 19.8 Å². The average Bonchev–Trinajstić information content (AvgIpc) is 3.19. The van der Waals surface area contributed by atoms with E-state index in [-0.39, 0.29) is 6.03 Å². The number of ether oxygens (including phenoxy) is 1. The molecule has 2 bridgehead atoms. The second kappa shape index (κ2) is 6.28. The van der Waals surface area contributed by atoms with Gasteiger partial charge in [0.15, 0.2) is 0 Å². The van der Waals surface area contributed by atoms with E-state index in [4.69, 9.17) is 4.74 Å². The molecule has 1 aliphatic carbocycles. The van der Waals surface area contributed by atoms with Crippen LogP contribution < -0.4 is 5.32 Å². The normalized spacial score (nSPS) is 23.3. The Bertz CT molecular complexity index is 555. The van der Waals surface area contributed by atoms with E-state index in [1.54, 1.807) is 7.11 Å². The summed E-state index contributed by atoms with van der Waals surface area (Å²) in [4.78, 5) is 14.4. The van der Waals surface area contributed by atoms with Crippen LogP contribution in [0.25, 0.3) is 0 Å². The molecule has 1 aromatic rings. The van der Waals surface area contributed by atoms with Crippen LogP contribution >= 0.6 is 0 Å². The molecule has 0 aromatic carbocycles. The number of hydrogen-bond acceptors (Lipinski definition) is 3. The minimum atomic E-state index is 0.0793. The number of carbonyl (C=O) groups is 1. The molecular weight excluding hydrogens is 280 g/mol. The summed E-state index contributed by atoms with van der Waals surface area (Å²) >= 11 is 0. The fourth-order valence-corrected chi connectivity index (χ4v) is 3.82. The third kappa shape index (κ3) is 2.84. The topological polar surface area (TPSA) is 59.4 Å². The zero-order valence-electron chi connectivity index (χ0n) is 13.8. The summed E-state index contributed by atoms with van der Waals surface area (Å²) in [6.07, 6.45) is 3.66. The molecular formula is C16H26N4O2. The second-order valence-electron chi connectivity index (χ2n) is 6.51. The van der Waals surface area contributed by atoms with Gasteiger partial charge in [-0.05, 0) is 39.0 Å². The van der Waals surface area contributed by atoms with Gasteiger partial charge in [-0.1, -0.05) is 0 Å². The molecule has 0 spiro atoms. The molecule has 1 saturated carbocycles. The molecule has 1 aromatic heterocycles. The van der Waals surface area contributed by atoms with Crippen LogP contribution in [0.4, 0.5) is 4.79 Å². The number of rotatable bonds is 5. The summed E-state index contributed by atoms with van der Waals surface area (Å²) in [6.45, 7) is 6.92. The minimum absolute atomic E-state index is 0.0793. The van der Waals surface area contributed by atoms with Gasteiger partial charge in [0.1, 0.15) is 0 Å². The standard InChI is InChI=1S/C16H26N4O2/c1-11-15(12(2)20(18-11)6-7-22-3)9-17-16(21)19-10-13-4-5-14(19)8-13/h13-14H,4-10H2,1-3H3,(H,17,21). The molecule has 2 aliphatic rings. The van der Waals surface area contributed by atoms with E-state index in [2.05, 4.69) is 17.3 Å². The van der Waals surface area contributed by atoms with E-state index >= 15 is 0 Å². The Balaban J connectivity index is 1.59. The van der Waals surface area contributed by atoms with Crippen molar-refractivity contribution >= 4 is 6.03 Å². The van der Waals surface area contributed by atoms with Crippen molar-refractivity contribution in [3.63, 3.8) is 0 Å². The molecule has 2 fully saturated rings. The number of piperidine rings is 1. The first kappa shape index (κ1) is 15.3. The smallest absolute Gasteiger partial charge is 0.317 e. The number of fused-ring (bicyclic) bond motifs is 2. The number of aromatic nitrogens is 2. The summed E-state index contributed by atoms with van der Waals surface area (Å²) in [6, 6.07) is 0.548. The first-order valence-corrected chi connectivity index (χ1v) is 8.16. The van der Waals surface area contributed by atoms with Crippen LogP contribution in [0.15, 0.2) is 0 Å². The highest BCUT2D eigenvalue weighted by molar-refractivity contribution is 5.75. The fraction of sp³-hybridized carbons (Fsp3) is 0.750. The van der Waals surface area contributed by atoms with E-state index in [0.717, 1.165) is 36.0 Å². The van der Waals surface area contributed by atoms with E-state index in [1.165, 1.54) is 19.3 Å². The number of aryl methyl sites for hydroxylation is 1. The van der Waals surface area contributed by atoms with Crippen LogP contribution in [0.2, 0.25) is 0 Å². The predicted molar refractivity (Wildman–Crippen MR) is 83.6 cm³/mol. The van der Waals surface area contributed by atoms with Crippen LogP contribution in [0.5, 0.6) is 0 Å². The highest BCUT2D eigenvalue weighted by atomic mass is 16.5. The molecule has 2 heterocycles. The zero-order chi connectivity index (χ0) is 15.7. The van der Waals surface area contributed by atoms with E-state index in [9.17, 15) is 4.79 Å². The molecule has 6 heteroatoms. The molecule has 1 N–H and O–H groups in total. The molecule has 6 nitrogen and oxygen atoms in total. The van der Waals surface area contributed by atoms with Crippen molar-refractivity contribution in [2.45, 2.75) is 52.2 Å². The van der Waals surface area contributed by atoms with Crippen LogP contribution in [0.1, 0.15) is 36.2 Å². The molecule has 1 aliphatic heterocycles. The van der Waals surface area contributed by atoms with Crippen molar-refractivity contribution in [3.8, 4) is 0 Å². The van der Waals surface area contributed by atoms with Gasteiger partial charge in [-0.25, -0.2) is 4.79 Å². The van der Waals surface area contributed by atoms with Crippen molar-refractivity contribution in [2.75, 3.05) is 20.3 Å².